The monoisotopic (exact) mass is 270 g/mol. The van der Waals surface area contributed by atoms with Gasteiger partial charge in [-0.2, -0.15) is 0 Å². The largest absolute Gasteiger partial charge is 0.306 e. The number of halogens is 1. The van der Waals surface area contributed by atoms with Gasteiger partial charge in [-0.3, -0.25) is 4.98 Å². The maximum absolute atomic E-state index is 14.0. The lowest BCUT2D eigenvalue weighted by molar-refractivity contribution is 0.554. The van der Waals surface area contributed by atoms with Crippen LogP contribution in [0.4, 0.5) is 4.39 Å². The van der Waals surface area contributed by atoms with Crippen molar-refractivity contribution in [2.45, 2.75) is 32.2 Å². The van der Waals surface area contributed by atoms with Crippen molar-refractivity contribution in [1.82, 2.24) is 10.3 Å². The predicted octanol–water partition coefficient (Wildman–Crippen LogP) is 3.41. The van der Waals surface area contributed by atoms with Gasteiger partial charge >= 0.3 is 0 Å². The first-order valence-corrected chi connectivity index (χ1v) is 7.24. The highest BCUT2D eigenvalue weighted by molar-refractivity contribution is 5.40. The fourth-order valence-electron chi connectivity index (χ4n) is 3.00. The topological polar surface area (TPSA) is 24.9 Å². The van der Waals surface area contributed by atoms with Gasteiger partial charge in [0.1, 0.15) is 5.82 Å². The minimum Gasteiger partial charge on any atom is -0.306 e. The van der Waals surface area contributed by atoms with Crippen molar-refractivity contribution in [2.24, 2.45) is 0 Å². The van der Waals surface area contributed by atoms with E-state index in [9.17, 15) is 4.39 Å². The van der Waals surface area contributed by atoms with Gasteiger partial charge in [-0.05, 0) is 48.6 Å². The summed E-state index contributed by atoms with van der Waals surface area (Å²) in [5, 5.41) is 3.38. The SMILES string of the molecule is CCNC(c1ccc2c(c1)CCC2)c1ccncc1F. The third-order valence-electron chi connectivity index (χ3n) is 3.98. The van der Waals surface area contributed by atoms with E-state index in [-0.39, 0.29) is 11.9 Å². The summed E-state index contributed by atoms with van der Waals surface area (Å²) in [6.07, 6.45) is 6.48. The third-order valence-corrected chi connectivity index (χ3v) is 3.98. The van der Waals surface area contributed by atoms with Crippen LogP contribution in [-0.2, 0) is 12.8 Å². The van der Waals surface area contributed by atoms with Crippen molar-refractivity contribution in [3.05, 3.63) is 64.7 Å². The Balaban J connectivity index is 2.01. The molecule has 20 heavy (non-hydrogen) atoms. The van der Waals surface area contributed by atoms with E-state index in [1.165, 1.54) is 30.2 Å². The summed E-state index contributed by atoms with van der Waals surface area (Å²) < 4.78 is 14.0. The van der Waals surface area contributed by atoms with Crippen LogP contribution in [-0.4, -0.2) is 11.5 Å². The molecular weight excluding hydrogens is 251 g/mol. The van der Waals surface area contributed by atoms with Crippen molar-refractivity contribution in [3.8, 4) is 0 Å². The number of nitrogens with one attached hydrogen (secondary N) is 1. The van der Waals surface area contributed by atoms with Crippen LogP contribution in [0.1, 0.15) is 41.6 Å². The minimum absolute atomic E-state index is 0.103. The van der Waals surface area contributed by atoms with E-state index in [0.29, 0.717) is 5.56 Å². The van der Waals surface area contributed by atoms with E-state index in [4.69, 9.17) is 0 Å². The Bertz CT molecular complexity index is 610. The normalized spacial score (nSPS) is 15.1. The van der Waals surface area contributed by atoms with E-state index < -0.39 is 0 Å². The molecule has 2 nitrogen and oxygen atoms in total. The van der Waals surface area contributed by atoms with Crippen LogP contribution < -0.4 is 5.32 Å². The Kier molecular flexibility index (Phi) is 3.79. The Hall–Kier alpha value is -1.74. The van der Waals surface area contributed by atoms with Crippen molar-refractivity contribution in [1.29, 1.82) is 0 Å². The highest BCUT2D eigenvalue weighted by Gasteiger charge is 2.19. The molecule has 0 saturated carbocycles. The summed E-state index contributed by atoms with van der Waals surface area (Å²) in [5.41, 5.74) is 4.66. The van der Waals surface area contributed by atoms with E-state index in [1.807, 2.05) is 6.92 Å². The molecule has 1 atom stereocenters. The van der Waals surface area contributed by atoms with Gasteiger partial charge in [0.25, 0.3) is 0 Å². The second kappa shape index (κ2) is 5.71. The summed E-state index contributed by atoms with van der Waals surface area (Å²) in [6, 6.07) is 8.21. The molecular formula is C17H19FN2. The van der Waals surface area contributed by atoms with Gasteiger partial charge in [0.05, 0.1) is 12.2 Å². The average Bonchev–Trinajstić information content (AvgIpc) is 2.93. The molecule has 1 N–H and O–H groups in total. The van der Waals surface area contributed by atoms with Gasteiger partial charge in [0, 0.05) is 11.8 Å². The molecule has 0 fully saturated rings. The zero-order valence-corrected chi connectivity index (χ0v) is 11.7. The molecule has 1 heterocycles. The molecule has 1 aromatic heterocycles. The number of benzene rings is 1. The fraction of sp³-hybridized carbons (Fsp3) is 0.353. The van der Waals surface area contributed by atoms with Crippen LogP contribution in [0.5, 0.6) is 0 Å². The average molecular weight is 270 g/mol. The molecule has 3 rings (SSSR count). The van der Waals surface area contributed by atoms with Gasteiger partial charge in [0.2, 0.25) is 0 Å². The molecule has 104 valence electrons. The molecule has 0 amide bonds. The van der Waals surface area contributed by atoms with Gasteiger partial charge in [-0.15, -0.1) is 0 Å². The highest BCUT2D eigenvalue weighted by atomic mass is 19.1. The van der Waals surface area contributed by atoms with E-state index in [2.05, 4.69) is 28.5 Å². The lowest BCUT2D eigenvalue weighted by Crippen LogP contribution is -2.23. The minimum atomic E-state index is -0.251. The van der Waals surface area contributed by atoms with E-state index in [1.54, 1.807) is 12.3 Å². The van der Waals surface area contributed by atoms with Crippen molar-refractivity contribution >= 4 is 0 Å². The standard InChI is InChI=1S/C17H19FN2/c1-2-20-17(15-8-9-19-11-16(15)18)14-7-6-12-4-3-5-13(12)10-14/h6-11,17,20H,2-5H2,1H3. The summed E-state index contributed by atoms with van der Waals surface area (Å²) in [7, 11) is 0. The van der Waals surface area contributed by atoms with E-state index in [0.717, 1.165) is 18.5 Å². The zero-order valence-electron chi connectivity index (χ0n) is 11.7. The molecule has 1 aliphatic carbocycles. The Morgan fingerprint density at radius 2 is 2.10 bits per heavy atom. The highest BCUT2D eigenvalue weighted by Crippen LogP contribution is 2.29. The first-order valence-electron chi connectivity index (χ1n) is 7.24. The Morgan fingerprint density at radius 3 is 2.90 bits per heavy atom. The lowest BCUT2D eigenvalue weighted by Gasteiger charge is -2.20. The molecule has 1 aliphatic rings. The van der Waals surface area contributed by atoms with Gasteiger partial charge in [0.15, 0.2) is 0 Å². The number of hydrogen-bond acceptors (Lipinski definition) is 2. The van der Waals surface area contributed by atoms with Crippen LogP contribution in [0.15, 0.2) is 36.7 Å². The number of rotatable bonds is 4. The zero-order chi connectivity index (χ0) is 13.9. The van der Waals surface area contributed by atoms with Crippen LogP contribution in [0.2, 0.25) is 0 Å². The number of fused-ring (bicyclic) bond motifs is 1. The summed E-state index contributed by atoms with van der Waals surface area (Å²) in [6.45, 7) is 2.84. The van der Waals surface area contributed by atoms with Crippen molar-refractivity contribution in [2.75, 3.05) is 6.54 Å². The Morgan fingerprint density at radius 1 is 1.25 bits per heavy atom. The van der Waals surface area contributed by atoms with Gasteiger partial charge in [-0.25, -0.2) is 4.39 Å². The molecule has 0 radical (unpaired) electrons. The number of aryl methyl sites for hydroxylation is 2. The van der Waals surface area contributed by atoms with Gasteiger partial charge < -0.3 is 5.32 Å². The third kappa shape index (κ3) is 2.46. The first-order chi connectivity index (χ1) is 9.79. The molecule has 0 aliphatic heterocycles. The molecule has 0 bridgehead atoms. The lowest BCUT2D eigenvalue weighted by atomic mass is 9.96. The van der Waals surface area contributed by atoms with Gasteiger partial charge in [-0.1, -0.05) is 25.1 Å². The molecule has 0 saturated heterocycles. The van der Waals surface area contributed by atoms with Crippen LogP contribution in [0.25, 0.3) is 0 Å². The molecule has 3 heteroatoms. The van der Waals surface area contributed by atoms with E-state index >= 15 is 0 Å². The Labute approximate surface area is 119 Å². The molecule has 1 aromatic carbocycles. The smallest absolute Gasteiger partial charge is 0.146 e. The predicted molar refractivity (Wildman–Crippen MR) is 78.2 cm³/mol. The second-order valence-electron chi connectivity index (χ2n) is 5.27. The fourth-order valence-corrected chi connectivity index (χ4v) is 3.00. The maximum Gasteiger partial charge on any atom is 0.146 e. The van der Waals surface area contributed by atoms with Crippen LogP contribution >= 0.6 is 0 Å². The summed E-state index contributed by atoms with van der Waals surface area (Å²) >= 11 is 0. The van der Waals surface area contributed by atoms with Crippen LogP contribution in [0.3, 0.4) is 0 Å². The number of aromatic nitrogens is 1. The van der Waals surface area contributed by atoms with Crippen molar-refractivity contribution < 1.29 is 4.39 Å². The quantitative estimate of drug-likeness (QED) is 0.921. The first kappa shape index (κ1) is 13.3. The maximum atomic E-state index is 14.0. The van der Waals surface area contributed by atoms with Crippen molar-refractivity contribution in [3.63, 3.8) is 0 Å². The number of nitrogens with zero attached hydrogens (tertiary/aromatic N) is 1. The number of pyridine rings is 1. The second-order valence-corrected chi connectivity index (χ2v) is 5.27. The summed E-state index contributed by atoms with van der Waals surface area (Å²) in [4.78, 5) is 3.84. The molecule has 1 unspecified atom stereocenters. The molecule has 2 aromatic rings. The summed E-state index contributed by atoms with van der Waals surface area (Å²) in [5.74, 6) is -0.251. The van der Waals surface area contributed by atoms with Crippen LogP contribution in [0, 0.1) is 5.82 Å². The number of hydrogen-bond donors (Lipinski definition) is 1. The molecule has 0 spiro atoms.